The molecule has 2 N–H and O–H groups in total. The Morgan fingerprint density at radius 1 is 1.16 bits per heavy atom. The van der Waals surface area contributed by atoms with Gasteiger partial charge in [-0.15, -0.1) is 11.3 Å². The number of rotatable bonds is 2. The molecule has 1 aromatic heterocycles. The van der Waals surface area contributed by atoms with Gasteiger partial charge in [-0.25, -0.2) is 4.98 Å². The number of nitrogen functional groups attached to an aromatic ring is 1. The highest BCUT2D eigenvalue weighted by atomic mass is 32.1. The Labute approximate surface area is 115 Å². The number of aryl methyl sites for hydroxylation is 1. The summed E-state index contributed by atoms with van der Waals surface area (Å²) in [5.74, 6) is 0.831. The molecule has 0 aliphatic carbocycles. The highest BCUT2D eigenvalue weighted by Crippen LogP contribution is 2.33. The molecule has 0 aliphatic rings. The van der Waals surface area contributed by atoms with Gasteiger partial charge < -0.3 is 10.5 Å². The quantitative estimate of drug-likeness (QED) is 0.719. The lowest BCUT2D eigenvalue weighted by atomic mass is 10.1. The number of aromatic nitrogens is 1. The third-order valence-electron chi connectivity index (χ3n) is 3.11. The summed E-state index contributed by atoms with van der Waals surface area (Å²) in [6.07, 6.45) is 0. The molecule has 0 spiro atoms. The molecule has 2 aromatic carbocycles. The SMILES string of the molecule is COc1ccc2sc(-c3ccc(N)c(C)c3)nc2c1. The molecular formula is C15H14N2OS. The molecule has 0 aliphatic heterocycles. The molecule has 1 heterocycles. The van der Waals surface area contributed by atoms with Gasteiger partial charge in [0.15, 0.2) is 0 Å². The van der Waals surface area contributed by atoms with Gasteiger partial charge in [-0.1, -0.05) is 0 Å². The standard InChI is InChI=1S/C15H14N2OS/c1-9-7-10(3-5-12(9)16)15-17-13-8-11(18-2)4-6-14(13)19-15/h3-8H,16H2,1-2H3. The van der Waals surface area contributed by atoms with Crippen LogP contribution in [0.3, 0.4) is 0 Å². The van der Waals surface area contributed by atoms with E-state index in [-0.39, 0.29) is 0 Å². The summed E-state index contributed by atoms with van der Waals surface area (Å²) in [6, 6.07) is 12.0. The van der Waals surface area contributed by atoms with Crippen molar-refractivity contribution in [3.05, 3.63) is 42.0 Å². The van der Waals surface area contributed by atoms with E-state index in [0.717, 1.165) is 37.8 Å². The van der Waals surface area contributed by atoms with E-state index in [1.807, 2.05) is 37.3 Å². The predicted molar refractivity (Wildman–Crippen MR) is 80.8 cm³/mol. The van der Waals surface area contributed by atoms with E-state index in [9.17, 15) is 0 Å². The van der Waals surface area contributed by atoms with E-state index in [1.165, 1.54) is 0 Å². The number of methoxy groups -OCH3 is 1. The lowest BCUT2D eigenvalue weighted by Crippen LogP contribution is -1.89. The minimum atomic E-state index is 0.812. The molecule has 3 aromatic rings. The van der Waals surface area contributed by atoms with Crippen molar-refractivity contribution in [2.45, 2.75) is 6.92 Å². The normalized spacial score (nSPS) is 10.8. The van der Waals surface area contributed by atoms with E-state index in [4.69, 9.17) is 10.5 Å². The van der Waals surface area contributed by atoms with Crippen molar-refractivity contribution < 1.29 is 4.74 Å². The highest BCUT2D eigenvalue weighted by Gasteiger charge is 2.08. The topological polar surface area (TPSA) is 48.1 Å². The molecule has 0 saturated heterocycles. The number of nitrogens with two attached hydrogens (primary N) is 1. The second kappa shape index (κ2) is 4.55. The zero-order valence-corrected chi connectivity index (χ0v) is 11.6. The lowest BCUT2D eigenvalue weighted by molar-refractivity contribution is 0.415. The van der Waals surface area contributed by atoms with E-state index in [2.05, 4.69) is 11.1 Å². The van der Waals surface area contributed by atoms with Gasteiger partial charge in [0.1, 0.15) is 10.8 Å². The summed E-state index contributed by atoms with van der Waals surface area (Å²) in [6.45, 7) is 2.01. The first kappa shape index (κ1) is 12.0. The van der Waals surface area contributed by atoms with E-state index >= 15 is 0 Å². The van der Waals surface area contributed by atoms with Crippen LogP contribution < -0.4 is 10.5 Å². The van der Waals surface area contributed by atoms with Gasteiger partial charge in [-0.3, -0.25) is 0 Å². The second-order valence-electron chi connectivity index (χ2n) is 4.42. The fourth-order valence-corrected chi connectivity index (χ4v) is 2.91. The Bertz CT molecular complexity index is 749. The maximum absolute atomic E-state index is 5.85. The molecule has 19 heavy (non-hydrogen) atoms. The number of benzene rings is 2. The Morgan fingerprint density at radius 3 is 2.74 bits per heavy atom. The Morgan fingerprint density at radius 2 is 2.00 bits per heavy atom. The summed E-state index contributed by atoms with van der Waals surface area (Å²) < 4.78 is 6.38. The maximum Gasteiger partial charge on any atom is 0.124 e. The zero-order valence-electron chi connectivity index (χ0n) is 10.8. The smallest absolute Gasteiger partial charge is 0.124 e. The molecule has 0 radical (unpaired) electrons. The average Bonchev–Trinajstić information content (AvgIpc) is 2.84. The van der Waals surface area contributed by atoms with Gasteiger partial charge in [0.05, 0.1) is 17.3 Å². The van der Waals surface area contributed by atoms with Crippen LogP contribution >= 0.6 is 11.3 Å². The Balaban J connectivity index is 2.11. The van der Waals surface area contributed by atoms with Crippen LogP contribution in [-0.4, -0.2) is 12.1 Å². The average molecular weight is 270 g/mol. The van der Waals surface area contributed by atoms with Crippen LogP contribution in [0.5, 0.6) is 5.75 Å². The third kappa shape index (κ3) is 2.15. The first-order valence-corrected chi connectivity index (χ1v) is 6.80. The number of hydrogen-bond donors (Lipinski definition) is 1. The summed E-state index contributed by atoms with van der Waals surface area (Å²) in [5.41, 5.74) is 9.81. The van der Waals surface area contributed by atoms with Crippen LogP contribution in [0.4, 0.5) is 5.69 Å². The van der Waals surface area contributed by atoms with Crippen molar-refractivity contribution in [1.82, 2.24) is 4.98 Å². The van der Waals surface area contributed by atoms with Crippen molar-refractivity contribution >= 4 is 27.2 Å². The predicted octanol–water partition coefficient (Wildman–Crippen LogP) is 3.86. The lowest BCUT2D eigenvalue weighted by Gasteiger charge is -2.01. The summed E-state index contributed by atoms with van der Waals surface area (Å²) in [5, 5.41) is 1.01. The van der Waals surface area contributed by atoms with Gasteiger partial charge in [-0.05, 0) is 42.8 Å². The van der Waals surface area contributed by atoms with Crippen molar-refractivity contribution in [2.75, 3.05) is 12.8 Å². The second-order valence-corrected chi connectivity index (χ2v) is 5.45. The minimum Gasteiger partial charge on any atom is -0.497 e. The van der Waals surface area contributed by atoms with Gasteiger partial charge in [0.2, 0.25) is 0 Å². The van der Waals surface area contributed by atoms with Crippen molar-refractivity contribution in [1.29, 1.82) is 0 Å². The molecular weight excluding hydrogens is 256 g/mol. The molecule has 0 atom stereocenters. The van der Waals surface area contributed by atoms with E-state index in [0.29, 0.717) is 0 Å². The molecule has 0 saturated carbocycles. The van der Waals surface area contributed by atoms with Gasteiger partial charge in [0.25, 0.3) is 0 Å². The third-order valence-corrected chi connectivity index (χ3v) is 4.20. The zero-order chi connectivity index (χ0) is 13.4. The highest BCUT2D eigenvalue weighted by molar-refractivity contribution is 7.21. The number of hydrogen-bond acceptors (Lipinski definition) is 4. The van der Waals surface area contributed by atoms with E-state index < -0.39 is 0 Å². The van der Waals surface area contributed by atoms with Crippen molar-refractivity contribution in [2.24, 2.45) is 0 Å². The fourth-order valence-electron chi connectivity index (χ4n) is 1.97. The maximum atomic E-state index is 5.85. The molecule has 0 unspecified atom stereocenters. The minimum absolute atomic E-state index is 0.812. The fraction of sp³-hybridized carbons (Fsp3) is 0.133. The van der Waals surface area contributed by atoms with Crippen LogP contribution in [0, 0.1) is 6.92 Å². The molecule has 0 bridgehead atoms. The molecule has 0 fully saturated rings. The van der Waals surface area contributed by atoms with Crippen LogP contribution in [0.2, 0.25) is 0 Å². The van der Waals surface area contributed by atoms with Crippen LogP contribution in [0.25, 0.3) is 20.8 Å². The number of fused-ring (bicyclic) bond motifs is 1. The first-order valence-electron chi connectivity index (χ1n) is 5.98. The monoisotopic (exact) mass is 270 g/mol. The van der Waals surface area contributed by atoms with Crippen LogP contribution in [-0.2, 0) is 0 Å². The summed E-state index contributed by atoms with van der Waals surface area (Å²) >= 11 is 1.68. The van der Waals surface area contributed by atoms with Crippen LogP contribution in [0.15, 0.2) is 36.4 Å². The number of thiazole rings is 1. The summed E-state index contributed by atoms with van der Waals surface area (Å²) in [7, 11) is 1.66. The number of anilines is 1. The molecule has 3 rings (SSSR count). The molecule has 4 heteroatoms. The number of nitrogens with zero attached hydrogens (tertiary/aromatic N) is 1. The molecule has 0 amide bonds. The molecule has 3 nitrogen and oxygen atoms in total. The van der Waals surface area contributed by atoms with Crippen molar-refractivity contribution in [3.63, 3.8) is 0 Å². The van der Waals surface area contributed by atoms with Gasteiger partial charge in [0, 0.05) is 17.3 Å². The Hall–Kier alpha value is -2.07. The number of ether oxygens (including phenoxy) is 1. The van der Waals surface area contributed by atoms with Gasteiger partial charge >= 0.3 is 0 Å². The largest absolute Gasteiger partial charge is 0.497 e. The first-order chi connectivity index (χ1) is 9.17. The molecule has 96 valence electrons. The van der Waals surface area contributed by atoms with Crippen molar-refractivity contribution in [3.8, 4) is 16.3 Å². The Kier molecular flexibility index (Phi) is 2.87. The van der Waals surface area contributed by atoms with Gasteiger partial charge in [-0.2, -0.15) is 0 Å². The van der Waals surface area contributed by atoms with Crippen LogP contribution in [0.1, 0.15) is 5.56 Å². The van der Waals surface area contributed by atoms with E-state index in [1.54, 1.807) is 18.4 Å². The summed E-state index contributed by atoms with van der Waals surface area (Å²) in [4.78, 5) is 4.66.